The molecular formula is C20H22N4O3S. The topological polar surface area (TPSA) is 89.0 Å². The number of carbonyl (C=O) groups excluding carboxylic acids is 2. The van der Waals surface area contributed by atoms with Crippen molar-refractivity contribution >= 4 is 29.3 Å². The summed E-state index contributed by atoms with van der Waals surface area (Å²) in [5.41, 5.74) is 2.74. The second-order valence-corrected chi connectivity index (χ2v) is 7.27. The maximum atomic E-state index is 12.7. The van der Waals surface area contributed by atoms with E-state index in [2.05, 4.69) is 15.3 Å². The number of hydrogen-bond acceptors (Lipinski definition) is 5. The fourth-order valence-electron chi connectivity index (χ4n) is 2.88. The Hall–Kier alpha value is -3.00. The number of aromatic amines is 1. The number of H-pyrrole nitrogens is 1. The van der Waals surface area contributed by atoms with Crippen LogP contribution in [0.3, 0.4) is 0 Å². The Balaban J connectivity index is 1.75. The third-order valence-corrected chi connectivity index (χ3v) is 5.48. The van der Waals surface area contributed by atoms with Gasteiger partial charge in [0.05, 0.1) is 12.7 Å². The molecule has 0 radical (unpaired) electrons. The number of rotatable bonds is 6. The predicted octanol–water partition coefficient (Wildman–Crippen LogP) is 3.81. The van der Waals surface area contributed by atoms with Crippen molar-refractivity contribution in [1.29, 1.82) is 0 Å². The smallest absolute Gasteiger partial charge is 0.339 e. The molecule has 1 aromatic carbocycles. The lowest BCUT2D eigenvalue weighted by Gasteiger charge is -2.07. The molecule has 0 atom stereocenters. The van der Waals surface area contributed by atoms with Crippen LogP contribution in [0.2, 0.25) is 0 Å². The lowest BCUT2D eigenvalue weighted by atomic mass is 10.1. The molecule has 28 heavy (non-hydrogen) atoms. The molecule has 1 amide bonds. The summed E-state index contributed by atoms with van der Waals surface area (Å²) in [6, 6.07) is 7.52. The number of imidazole rings is 1. The number of benzene rings is 1. The molecule has 0 spiro atoms. The summed E-state index contributed by atoms with van der Waals surface area (Å²) in [5, 5.41) is 3.76. The van der Waals surface area contributed by atoms with Gasteiger partial charge in [-0.2, -0.15) is 0 Å². The van der Waals surface area contributed by atoms with Gasteiger partial charge < -0.3 is 19.6 Å². The van der Waals surface area contributed by atoms with E-state index in [0.717, 1.165) is 10.1 Å². The number of carbonyl (C=O) groups is 2. The zero-order valence-electron chi connectivity index (χ0n) is 16.2. The molecule has 0 saturated heterocycles. The molecule has 0 aliphatic heterocycles. The molecule has 7 nitrogen and oxygen atoms in total. The van der Waals surface area contributed by atoms with E-state index in [1.54, 1.807) is 24.9 Å². The molecule has 2 aromatic heterocycles. The fourth-order valence-corrected chi connectivity index (χ4v) is 3.69. The van der Waals surface area contributed by atoms with E-state index in [9.17, 15) is 9.59 Å². The lowest BCUT2D eigenvalue weighted by Crippen LogP contribution is -2.14. The van der Waals surface area contributed by atoms with Crippen molar-refractivity contribution in [2.45, 2.75) is 30.3 Å². The Morgan fingerprint density at radius 3 is 2.57 bits per heavy atom. The molecule has 0 aliphatic carbocycles. The monoisotopic (exact) mass is 398 g/mol. The van der Waals surface area contributed by atoms with Gasteiger partial charge in [-0.15, -0.1) is 0 Å². The Morgan fingerprint density at radius 2 is 2.00 bits per heavy atom. The van der Waals surface area contributed by atoms with Crippen molar-refractivity contribution in [2.24, 2.45) is 7.05 Å². The highest BCUT2D eigenvalue weighted by Gasteiger charge is 2.23. The molecular weight excluding hydrogens is 376 g/mol. The van der Waals surface area contributed by atoms with E-state index >= 15 is 0 Å². The maximum absolute atomic E-state index is 12.7. The van der Waals surface area contributed by atoms with E-state index in [1.807, 2.05) is 49.0 Å². The molecule has 2 heterocycles. The van der Waals surface area contributed by atoms with Crippen molar-refractivity contribution in [3.63, 3.8) is 0 Å². The van der Waals surface area contributed by atoms with Gasteiger partial charge in [0, 0.05) is 35.7 Å². The average molecular weight is 398 g/mol. The van der Waals surface area contributed by atoms with Gasteiger partial charge in [-0.05, 0) is 43.2 Å². The summed E-state index contributed by atoms with van der Waals surface area (Å²) in [5.74, 6) is -0.743. The number of nitrogens with one attached hydrogen (secondary N) is 2. The number of aromatic nitrogens is 3. The standard InChI is InChI=1S/C20H22N4O3S/c1-5-15-16(19(26)27-4)12(2)17(23-15)18(25)22-13-6-8-14(9-7-13)28-20-21-10-11-24(20)3/h6-11,23H,5H2,1-4H3,(H,22,25). The number of aryl methyl sites for hydroxylation is 2. The number of hydrogen-bond donors (Lipinski definition) is 2. The predicted molar refractivity (Wildman–Crippen MR) is 108 cm³/mol. The van der Waals surface area contributed by atoms with E-state index in [0.29, 0.717) is 34.6 Å². The zero-order chi connectivity index (χ0) is 20.3. The highest BCUT2D eigenvalue weighted by atomic mass is 32.2. The Labute approximate surface area is 167 Å². The van der Waals surface area contributed by atoms with Gasteiger partial charge in [0.15, 0.2) is 5.16 Å². The van der Waals surface area contributed by atoms with E-state index < -0.39 is 5.97 Å². The maximum Gasteiger partial charge on any atom is 0.339 e. The number of methoxy groups -OCH3 is 1. The van der Waals surface area contributed by atoms with Crippen molar-refractivity contribution in [2.75, 3.05) is 12.4 Å². The number of ether oxygens (including phenoxy) is 1. The molecule has 3 rings (SSSR count). The molecule has 2 N–H and O–H groups in total. The van der Waals surface area contributed by atoms with Crippen molar-refractivity contribution in [3.8, 4) is 0 Å². The lowest BCUT2D eigenvalue weighted by molar-refractivity contribution is 0.0599. The molecule has 0 bridgehead atoms. The summed E-state index contributed by atoms with van der Waals surface area (Å²) in [6.45, 7) is 3.65. The molecule has 0 saturated carbocycles. The van der Waals surface area contributed by atoms with E-state index in [1.165, 1.54) is 7.11 Å². The number of anilines is 1. The van der Waals surface area contributed by atoms with Crippen LogP contribution in [0.15, 0.2) is 46.7 Å². The van der Waals surface area contributed by atoms with E-state index in [4.69, 9.17) is 4.74 Å². The minimum Gasteiger partial charge on any atom is -0.465 e. The molecule has 0 unspecified atom stereocenters. The highest BCUT2D eigenvalue weighted by Crippen LogP contribution is 2.27. The molecule has 146 valence electrons. The minimum absolute atomic E-state index is 0.299. The van der Waals surface area contributed by atoms with Gasteiger partial charge in [0.25, 0.3) is 5.91 Å². The van der Waals surface area contributed by atoms with E-state index in [-0.39, 0.29) is 5.91 Å². The average Bonchev–Trinajstić information content (AvgIpc) is 3.25. The summed E-state index contributed by atoms with van der Waals surface area (Å²) >= 11 is 1.54. The minimum atomic E-state index is -0.444. The fraction of sp³-hybridized carbons (Fsp3) is 0.250. The summed E-state index contributed by atoms with van der Waals surface area (Å²) in [6.07, 6.45) is 4.24. The van der Waals surface area contributed by atoms with Crippen LogP contribution in [-0.4, -0.2) is 33.5 Å². The van der Waals surface area contributed by atoms with Crippen LogP contribution >= 0.6 is 11.8 Å². The first-order valence-corrected chi connectivity index (χ1v) is 9.62. The Bertz CT molecular complexity index is 1010. The van der Waals surface area contributed by atoms with Crippen LogP contribution in [0.25, 0.3) is 0 Å². The number of nitrogens with zero attached hydrogens (tertiary/aromatic N) is 2. The third kappa shape index (κ3) is 3.96. The van der Waals surface area contributed by atoms with Crippen molar-refractivity contribution < 1.29 is 14.3 Å². The van der Waals surface area contributed by atoms with Gasteiger partial charge in [0.2, 0.25) is 0 Å². The summed E-state index contributed by atoms with van der Waals surface area (Å²) < 4.78 is 6.78. The second-order valence-electron chi connectivity index (χ2n) is 6.22. The van der Waals surface area contributed by atoms with Gasteiger partial charge in [-0.3, -0.25) is 4.79 Å². The first-order chi connectivity index (χ1) is 13.4. The highest BCUT2D eigenvalue weighted by molar-refractivity contribution is 7.99. The van der Waals surface area contributed by atoms with Gasteiger partial charge >= 0.3 is 5.97 Å². The molecule has 8 heteroatoms. The summed E-state index contributed by atoms with van der Waals surface area (Å²) in [4.78, 5) is 33.1. The van der Waals surface area contributed by atoms with Crippen molar-refractivity contribution in [1.82, 2.24) is 14.5 Å². The number of esters is 1. The zero-order valence-corrected chi connectivity index (χ0v) is 17.0. The molecule has 3 aromatic rings. The molecule has 0 aliphatic rings. The van der Waals surface area contributed by atoms with Crippen LogP contribution in [0, 0.1) is 6.92 Å². The van der Waals surface area contributed by atoms with Gasteiger partial charge in [-0.1, -0.05) is 18.7 Å². The third-order valence-electron chi connectivity index (χ3n) is 4.40. The SMILES string of the molecule is CCc1[nH]c(C(=O)Nc2ccc(Sc3nccn3C)cc2)c(C)c1C(=O)OC. The van der Waals surface area contributed by atoms with Crippen LogP contribution < -0.4 is 5.32 Å². The summed E-state index contributed by atoms with van der Waals surface area (Å²) in [7, 11) is 3.27. The number of amides is 1. The molecule has 0 fully saturated rings. The van der Waals surface area contributed by atoms with Crippen LogP contribution in [-0.2, 0) is 18.2 Å². The quantitative estimate of drug-likeness (QED) is 0.617. The first-order valence-electron chi connectivity index (χ1n) is 8.81. The second kappa shape index (κ2) is 8.35. The van der Waals surface area contributed by atoms with Crippen molar-refractivity contribution in [3.05, 3.63) is 59.2 Å². The van der Waals surface area contributed by atoms with Crippen LogP contribution in [0.5, 0.6) is 0 Å². The van der Waals surface area contributed by atoms with Gasteiger partial charge in [-0.25, -0.2) is 9.78 Å². The normalized spacial score (nSPS) is 10.7. The van der Waals surface area contributed by atoms with Gasteiger partial charge in [0.1, 0.15) is 5.69 Å². The first kappa shape index (κ1) is 19.8. The van der Waals surface area contributed by atoms with Crippen LogP contribution in [0.4, 0.5) is 5.69 Å². The van der Waals surface area contributed by atoms with Crippen LogP contribution in [0.1, 0.15) is 39.0 Å². The largest absolute Gasteiger partial charge is 0.465 e. The Morgan fingerprint density at radius 1 is 1.29 bits per heavy atom. The Kier molecular flexibility index (Phi) is 5.89.